The lowest BCUT2D eigenvalue weighted by Gasteiger charge is -2.26. The zero-order valence-electron chi connectivity index (χ0n) is 11.8. The lowest BCUT2D eigenvalue weighted by atomic mass is 9.83. The summed E-state index contributed by atoms with van der Waals surface area (Å²) in [4.78, 5) is 11.7. The topological polar surface area (TPSA) is 55.4 Å². The lowest BCUT2D eigenvalue weighted by molar-refractivity contribution is 0.0849. The third kappa shape index (κ3) is 2.29. The van der Waals surface area contributed by atoms with Crippen LogP contribution >= 0.6 is 0 Å². The molecule has 0 radical (unpaired) electrons. The number of aromatic nitrogens is 1. The fourth-order valence-electron chi connectivity index (χ4n) is 3.29. The average molecular weight is 275 g/mol. The predicted molar refractivity (Wildman–Crippen MR) is 77.7 cm³/mol. The summed E-state index contributed by atoms with van der Waals surface area (Å²) in [7, 11) is 0. The van der Waals surface area contributed by atoms with Crippen LogP contribution in [0.1, 0.15) is 50.7 Å². The van der Waals surface area contributed by atoms with Crippen LogP contribution in [-0.2, 0) is 6.54 Å². The standard InChI is InChI=1S/C16H21NO3/c1-2-17-13-9-8-12(10-14(13)20-16(17)19)15(18)11-6-4-3-5-7-11/h8-11,15,18H,2-7H2,1H3. The van der Waals surface area contributed by atoms with Crippen molar-refractivity contribution in [3.8, 4) is 0 Å². The van der Waals surface area contributed by atoms with Gasteiger partial charge < -0.3 is 9.52 Å². The molecule has 1 atom stereocenters. The number of hydrogen-bond acceptors (Lipinski definition) is 3. The first-order valence-electron chi connectivity index (χ1n) is 7.52. The first-order valence-corrected chi connectivity index (χ1v) is 7.52. The molecule has 1 N–H and O–H groups in total. The highest BCUT2D eigenvalue weighted by Crippen LogP contribution is 2.35. The van der Waals surface area contributed by atoms with Gasteiger partial charge in [0, 0.05) is 6.54 Å². The largest absolute Gasteiger partial charge is 0.419 e. The van der Waals surface area contributed by atoms with E-state index < -0.39 is 6.10 Å². The average Bonchev–Trinajstić information content (AvgIpc) is 2.81. The molecule has 1 aliphatic carbocycles. The summed E-state index contributed by atoms with van der Waals surface area (Å²) in [6.07, 6.45) is 5.39. The molecule has 0 amide bonds. The second-order valence-electron chi connectivity index (χ2n) is 5.68. The molecule has 1 unspecified atom stereocenters. The third-order valence-electron chi connectivity index (χ3n) is 4.45. The molecule has 20 heavy (non-hydrogen) atoms. The van der Waals surface area contributed by atoms with E-state index in [-0.39, 0.29) is 5.76 Å². The summed E-state index contributed by atoms with van der Waals surface area (Å²) < 4.78 is 6.87. The second-order valence-corrected chi connectivity index (χ2v) is 5.68. The molecule has 1 heterocycles. The Morgan fingerprint density at radius 2 is 2.10 bits per heavy atom. The van der Waals surface area contributed by atoms with Gasteiger partial charge in [-0.25, -0.2) is 4.79 Å². The Balaban J connectivity index is 1.94. The molecule has 4 heteroatoms. The summed E-state index contributed by atoms with van der Waals surface area (Å²) in [6.45, 7) is 2.51. The Morgan fingerprint density at radius 3 is 2.80 bits per heavy atom. The van der Waals surface area contributed by atoms with E-state index >= 15 is 0 Å². The smallest absolute Gasteiger partial charge is 0.408 e. The highest BCUT2D eigenvalue weighted by atomic mass is 16.4. The van der Waals surface area contributed by atoms with E-state index in [9.17, 15) is 9.90 Å². The van der Waals surface area contributed by atoms with Crippen molar-refractivity contribution < 1.29 is 9.52 Å². The molecule has 2 aromatic rings. The molecule has 1 aliphatic rings. The molecule has 0 aliphatic heterocycles. The molecule has 0 bridgehead atoms. The Hall–Kier alpha value is -1.55. The van der Waals surface area contributed by atoms with Crippen LogP contribution in [0.5, 0.6) is 0 Å². The van der Waals surface area contributed by atoms with Crippen molar-refractivity contribution >= 4 is 11.1 Å². The van der Waals surface area contributed by atoms with E-state index in [0.29, 0.717) is 18.0 Å². The van der Waals surface area contributed by atoms with Gasteiger partial charge in [0.05, 0.1) is 11.6 Å². The van der Waals surface area contributed by atoms with Crippen LogP contribution in [0.3, 0.4) is 0 Å². The fraction of sp³-hybridized carbons (Fsp3) is 0.562. The molecule has 1 aromatic heterocycles. The fourth-order valence-corrected chi connectivity index (χ4v) is 3.29. The molecule has 3 rings (SSSR count). The molecule has 1 saturated carbocycles. The number of rotatable bonds is 3. The monoisotopic (exact) mass is 275 g/mol. The van der Waals surface area contributed by atoms with Crippen LogP contribution in [-0.4, -0.2) is 9.67 Å². The van der Waals surface area contributed by atoms with Crippen molar-refractivity contribution in [1.82, 2.24) is 4.57 Å². The van der Waals surface area contributed by atoms with Gasteiger partial charge in [0.15, 0.2) is 5.58 Å². The SMILES string of the molecule is CCn1c(=O)oc2cc(C(O)C3CCCCC3)ccc21. The second kappa shape index (κ2) is 5.44. The van der Waals surface area contributed by atoms with Crippen LogP contribution in [0.15, 0.2) is 27.4 Å². The summed E-state index contributed by atoms with van der Waals surface area (Å²) in [6, 6.07) is 5.62. The van der Waals surface area contributed by atoms with Gasteiger partial charge in [-0.3, -0.25) is 4.57 Å². The van der Waals surface area contributed by atoms with E-state index in [1.54, 1.807) is 4.57 Å². The number of aryl methyl sites for hydroxylation is 1. The minimum Gasteiger partial charge on any atom is -0.408 e. The van der Waals surface area contributed by atoms with Gasteiger partial charge >= 0.3 is 5.76 Å². The van der Waals surface area contributed by atoms with E-state index in [2.05, 4.69) is 0 Å². The van der Waals surface area contributed by atoms with Crippen LogP contribution < -0.4 is 5.76 Å². The van der Waals surface area contributed by atoms with Gasteiger partial charge in [-0.05, 0) is 43.4 Å². The molecule has 4 nitrogen and oxygen atoms in total. The quantitative estimate of drug-likeness (QED) is 0.935. The van der Waals surface area contributed by atoms with Gasteiger partial charge in [0.2, 0.25) is 0 Å². The minimum atomic E-state index is -0.449. The number of aliphatic hydroxyl groups is 1. The number of benzene rings is 1. The van der Waals surface area contributed by atoms with Crippen molar-refractivity contribution in [2.45, 2.75) is 51.7 Å². The Kier molecular flexibility index (Phi) is 3.66. The maximum absolute atomic E-state index is 11.7. The van der Waals surface area contributed by atoms with Crippen molar-refractivity contribution in [3.63, 3.8) is 0 Å². The van der Waals surface area contributed by atoms with Gasteiger partial charge in [0.25, 0.3) is 0 Å². The summed E-state index contributed by atoms with van der Waals surface area (Å²) in [5.74, 6) is 0.00740. The van der Waals surface area contributed by atoms with Crippen molar-refractivity contribution in [1.29, 1.82) is 0 Å². The van der Waals surface area contributed by atoms with Gasteiger partial charge in [0.1, 0.15) is 0 Å². The highest BCUT2D eigenvalue weighted by Gasteiger charge is 2.23. The predicted octanol–water partition coefficient (Wildman–Crippen LogP) is 3.23. The number of hydrogen-bond donors (Lipinski definition) is 1. The number of nitrogens with zero attached hydrogens (tertiary/aromatic N) is 1. The van der Waals surface area contributed by atoms with Crippen LogP contribution in [0, 0.1) is 5.92 Å². The van der Waals surface area contributed by atoms with Crippen molar-refractivity contribution in [3.05, 3.63) is 34.3 Å². The number of oxazole rings is 1. The van der Waals surface area contributed by atoms with E-state index in [1.165, 1.54) is 19.3 Å². The Morgan fingerprint density at radius 1 is 1.35 bits per heavy atom. The van der Waals surface area contributed by atoms with Crippen LogP contribution in [0.25, 0.3) is 11.1 Å². The van der Waals surface area contributed by atoms with Gasteiger partial charge in [-0.2, -0.15) is 0 Å². The summed E-state index contributed by atoms with van der Waals surface area (Å²) in [5, 5.41) is 10.5. The third-order valence-corrected chi connectivity index (χ3v) is 4.45. The van der Waals surface area contributed by atoms with Gasteiger partial charge in [-0.1, -0.05) is 25.3 Å². The van der Waals surface area contributed by atoms with Crippen molar-refractivity contribution in [2.24, 2.45) is 5.92 Å². The molecular formula is C16H21NO3. The summed E-state index contributed by atoms with van der Waals surface area (Å²) in [5.41, 5.74) is 2.24. The maximum Gasteiger partial charge on any atom is 0.419 e. The zero-order chi connectivity index (χ0) is 14.1. The molecule has 1 aromatic carbocycles. The first kappa shape index (κ1) is 13.4. The van der Waals surface area contributed by atoms with Crippen molar-refractivity contribution in [2.75, 3.05) is 0 Å². The minimum absolute atomic E-state index is 0.327. The van der Waals surface area contributed by atoms with Crippen LogP contribution in [0.2, 0.25) is 0 Å². The summed E-state index contributed by atoms with van der Waals surface area (Å²) >= 11 is 0. The lowest BCUT2D eigenvalue weighted by Crippen LogP contribution is -2.15. The Bertz CT molecular complexity index is 649. The first-order chi connectivity index (χ1) is 9.70. The highest BCUT2D eigenvalue weighted by molar-refractivity contribution is 5.73. The zero-order valence-corrected chi connectivity index (χ0v) is 11.8. The number of aliphatic hydroxyl groups excluding tert-OH is 1. The molecule has 0 saturated heterocycles. The molecular weight excluding hydrogens is 254 g/mol. The number of fused-ring (bicyclic) bond motifs is 1. The van der Waals surface area contributed by atoms with E-state index in [0.717, 1.165) is 23.9 Å². The van der Waals surface area contributed by atoms with Gasteiger partial charge in [-0.15, -0.1) is 0 Å². The van der Waals surface area contributed by atoms with E-state index in [4.69, 9.17) is 4.42 Å². The van der Waals surface area contributed by atoms with E-state index in [1.807, 2.05) is 25.1 Å². The molecule has 0 spiro atoms. The Labute approximate surface area is 118 Å². The maximum atomic E-state index is 11.7. The van der Waals surface area contributed by atoms with Crippen LogP contribution in [0.4, 0.5) is 0 Å². The normalized spacial score (nSPS) is 18.5. The molecule has 108 valence electrons. The molecule has 1 fully saturated rings.